The molecule has 1 atom stereocenters. The first-order valence-electron chi connectivity index (χ1n) is 11.3. The molecule has 0 saturated carbocycles. The number of hydrogen-bond donors (Lipinski definition) is 2. The first kappa shape index (κ1) is 22.4. The Balaban J connectivity index is 1.72. The number of aromatic nitrogens is 2. The standard InChI is InChI=1S/C28H25N3O4/c1-15-12-20(17(3)30-23-10-6-5-8-19(23)28(33)34)27-21(13-15)25(32)16(2)26(35-27)18-9-7-11-24-22(18)14-29-31(24)4/h5-14,17,30H,1-4H3,(H,33,34). The Labute approximate surface area is 201 Å². The fourth-order valence-electron chi connectivity index (χ4n) is 4.63. The number of carbonyl (C=O) groups is 1. The highest BCUT2D eigenvalue weighted by Gasteiger charge is 2.21. The van der Waals surface area contributed by atoms with Crippen molar-refractivity contribution in [2.75, 3.05) is 5.32 Å². The molecule has 2 N–H and O–H groups in total. The number of hydrogen-bond acceptors (Lipinski definition) is 5. The quantitative estimate of drug-likeness (QED) is 0.337. The van der Waals surface area contributed by atoms with E-state index in [4.69, 9.17) is 4.42 Å². The summed E-state index contributed by atoms with van der Waals surface area (Å²) in [6, 6.07) is 16.1. The third kappa shape index (κ3) is 3.75. The summed E-state index contributed by atoms with van der Waals surface area (Å²) in [4.78, 5) is 25.2. The Morgan fingerprint density at radius 3 is 2.63 bits per heavy atom. The highest BCUT2D eigenvalue weighted by atomic mass is 16.4. The van der Waals surface area contributed by atoms with Gasteiger partial charge < -0.3 is 14.8 Å². The van der Waals surface area contributed by atoms with E-state index in [2.05, 4.69) is 10.4 Å². The normalized spacial score (nSPS) is 12.2. The SMILES string of the molecule is Cc1cc(C(C)Nc2ccccc2C(=O)O)c2oc(-c3cccc4c3cnn4C)c(C)c(=O)c2c1. The van der Waals surface area contributed by atoms with E-state index in [1.807, 2.05) is 51.2 Å². The van der Waals surface area contributed by atoms with Gasteiger partial charge in [0, 0.05) is 34.8 Å². The fourth-order valence-corrected chi connectivity index (χ4v) is 4.63. The zero-order valence-electron chi connectivity index (χ0n) is 19.9. The zero-order chi connectivity index (χ0) is 24.9. The molecule has 0 spiro atoms. The molecule has 5 aromatic rings. The lowest BCUT2D eigenvalue weighted by Crippen LogP contribution is -2.14. The molecule has 7 nitrogen and oxygen atoms in total. The Morgan fingerprint density at radius 2 is 1.86 bits per heavy atom. The van der Waals surface area contributed by atoms with E-state index in [0.29, 0.717) is 28.0 Å². The van der Waals surface area contributed by atoms with Crippen molar-refractivity contribution in [1.29, 1.82) is 0 Å². The van der Waals surface area contributed by atoms with Gasteiger partial charge in [0.15, 0.2) is 5.43 Å². The summed E-state index contributed by atoms with van der Waals surface area (Å²) in [6.45, 7) is 5.64. The van der Waals surface area contributed by atoms with Crippen molar-refractivity contribution in [2.24, 2.45) is 7.05 Å². The largest absolute Gasteiger partial charge is 0.478 e. The molecule has 0 amide bonds. The zero-order valence-corrected chi connectivity index (χ0v) is 19.9. The highest BCUT2D eigenvalue weighted by Crippen LogP contribution is 2.35. The van der Waals surface area contributed by atoms with Crippen LogP contribution in [-0.2, 0) is 7.05 Å². The molecule has 176 valence electrons. The molecule has 0 saturated heterocycles. The van der Waals surface area contributed by atoms with Crippen LogP contribution in [0.2, 0.25) is 0 Å². The lowest BCUT2D eigenvalue weighted by Gasteiger charge is -2.20. The summed E-state index contributed by atoms with van der Waals surface area (Å²) in [7, 11) is 1.87. The maximum atomic E-state index is 13.5. The monoisotopic (exact) mass is 467 g/mol. The number of benzene rings is 3. The number of aryl methyl sites for hydroxylation is 2. The molecule has 5 rings (SSSR count). The Hall–Kier alpha value is -4.39. The molecule has 2 aromatic heterocycles. The maximum absolute atomic E-state index is 13.5. The summed E-state index contributed by atoms with van der Waals surface area (Å²) in [6.07, 6.45) is 1.78. The van der Waals surface area contributed by atoms with Crippen LogP contribution in [0.3, 0.4) is 0 Å². The van der Waals surface area contributed by atoms with Gasteiger partial charge in [0.2, 0.25) is 0 Å². The maximum Gasteiger partial charge on any atom is 0.337 e. The van der Waals surface area contributed by atoms with Gasteiger partial charge in [0.25, 0.3) is 0 Å². The van der Waals surface area contributed by atoms with Gasteiger partial charge in [-0.25, -0.2) is 4.79 Å². The van der Waals surface area contributed by atoms with Crippen LogP contribution in [0.4, 0.5) is 5.69 Å². The van der Waals surface area contributed by atoms with E-state index < -0.39 is 5.97 Å². The summed E-state index contributed by atoms with van der Waals surface area (Å²) in [5, 5.41) is 18.6. The molecule has 0 aliphatic heterocycles. The number of nitrogens with zero attached hydrogens (tertiary/aromatic N) is 2. The van der Waals surface area contributed by atoms with Gasteiger partial charge in [-0.2, -0.15) is 5.10 Å². The minimum absolute atomic E-state index is 0.0924. The van der Waals surface area contributed by atoms with E-state index in [0.717, 1.165) is 27.6 Å². The van der Waals surface area contributed by atoms with E-state index in [-0.39, 0.29) is 17.0 Å². The van der Waals surface area contributed by atoms with Gasteiger partial charge in [0.1, 0.15) is 11.3 Å². The molecule has 0 fully saturated rings. The van der Waals surface area contributed by atoms with Crippen molar-refractivity contribution in [3.05, 3.63) is 93.3 Å². The van der Waals surface area contributed by atoms with Gasteiger partial charge in [-0.15, -0.1) is 0 Å². The highest BCUT2D eigenvalue weighted by molar-refractivity contribution is 5.96. The average Bonchev–Trinajstić information content (AvgIpc) is 3.22. The van der Waals surface area contributed by atoms with E-state index >= 15 is 0 Å². The van der Waals surface area contributed by atoms with Gasteiger partial charge >= 0.3 is 5.97 Å². The molecular formula is C28H25N3O4. The number of carboxylic acid groups (broad SMARTS) is 1. The van der Waals surface area contributed by atoms with Crippen LogP contribution in [0.5, 0.6) is 0 Å². The second kappa shape index (κ2) is 8.43. The minimum atomic E-state index is -1.01. The van der Waals surface area contributed by atoms with Crippen molar-refractivity contribution < 1.29 is 14.3 Å². The number of rotatable bonds is 5. The molecule has 2 heterocycles. The van der Waals surface area contributed by atoms with Gasteiger partial charge in [-0.05, 0) is 50.6 Å². The van der Waals surface area contributed by atoms with Gasteiger partial charge in [-0.1, -0.05) is 30.3 Å². The Bertz CT molecular complexity index is 1680. The van der Waals surface area contributed by atoms with Crippen LogP contribution in [0.25, 0.3) is 33.2 Å². The van der Waals surface area contributed by atoms with Crippen molar-refractivity contribution in [3.63, 3.8) is 0 Å². The second-order valence-electron chi connectivity index (χ2n) is 8.84. The third-order valence-electron chi connectivity index (χ3n) is 6.42. The van der Waals surface area contributed by atoms with E-state index in [9.17, 15) is 14.7 Å². The lowest BCUT2D eigenvalue weighted by atomic mass is 9.98. The van der Waals surface area contributed by atoms with Crippen LogP contribution < -0.4 is 10.7 Å². The number of aromatic carboxylic acids is 1. The van der Waals surface area contributed by atoms with Gasteiger partial charge in [0.05, 0.1) is 28.7 Å². The molecule has 35 heavy (non-hydrogen) atoms. The summed E-state index contributed by atoms with van der Waals surface area (Å²) >= 11 is 0. The van der Waals surface area contributed by atoms with Crippen LogP contribution in [0.15, 0.2) is 70.0 Å². The molecule has 0 radical (unpaired) electrons. The molecule has 0 bridgehead atoms. The average molecular weight is 468 g/mol. The molecule has 0 aliphatic rings. The molecule has 7 heteroatoms. The van der Waals surface area contributed by atoms with Crippen LogP contribution >= 0.6 is 0 Å². The molecule has 1 unspecified atom stereocenters. The number of para-hydroxylation sites is 1. The first-order chi connectivity index (χ1) is 16.8. The fraction of sp³-hybridized carbons (Fsp3) is 0.179. The van der Waals surface area contributed by atoms with E-state index in [1.165, 1.54) is 0 Å². The van der Waals surface area contributed by atoms with E-state index in [1.54, 1.807) is 42.1 Å². The summed E-state index contributed by atoms with van der Waals surface area (Å²) < 4.78 is 8.29. The number of nitrogens with one attached hydrogen (secondary N) is 1. The van der Waals surface area contributed by atoms with Crippen LogP contribution in [-0.4, -0.2) is 20.9 Å². The predicted molar refractivity (Wildman–Crippen MR) is 137 cm³/mol. The van der Waals surface area contributed by atoms with Crippen LogP contribution in [0, 0.1) is 13.8 Å². The molecular weight excluding hydrogens is 442 g/mol. The predicted octanol–water partition coefficient (Wildman–Crippen LogP) is 5.83. The molecule has 0 aliphatic carbocycles. The summed E-state index contributed by atoms with van der Waals surface area (Å²) in [5.74, 6) is -0.507. The van der Waals surface area contributed by atoms with Crippen molar-refractivity contribution in [1.82, 2.24) is 9.78 Å². The van der Waals surface area contributed by atoms with Gasteiger partial charge in [-0.3, -0.25) is 9.48 Å². The Morgan fingerprint density at radius 1 is 1.09 bits per heavy atom. The van der Waals surface area contributed by atoms with Crippen molar-refractivity contribution in [2.45, 2.75) is 26.8 Å². The first-order valence-corrected chi connectivity index (χ1v) is 11.3. The summed E-state index contributed by atoms with van der Waals surface area (Å²) in [5.41, 5.74) is 5.03. The minimum Gasteiger partial charge on any atom is -0.478 e. The number of fused-ring (bicyclic) bond motifs is 2. The van der Waals surface area contributed by atoms with Crippen molar-refractivity contribution >= 4 is 33.5 Å². The molecule has 3 aromatic carbocycles. The number of carboxylic acids is 1. The lowest BCUT2D eigenvalue weighted by molar-refractivity contribution is 0.0698. The third-order valence-corrected chi connectivity index (χ3v) is 6.42. The van der Waals surface area contributed by atoms with Crippen molar-refractivity contribution in [3.8, 4) is 11.3 Å². The van der Waals surface area contributed by atoms with Crippen LogP contribution in [0.1, 0.15) is 40.0 Å². The number of anilines is 1. The Kier molecular flexibility index (Phi) is 5.40. The smallest absolute Gasteiger partial charge is 0.337 e. The topological polar surface area (TPSA) is 97.4 Å². The second-order valence-corrected chi connectivity index (χ2v) is 8.84.